The summed E-state index contributed by atoms with van der Waals surface area (Å²) in [6.07, 6.45) is 0.394. The summed E-state index contributed by atoms with van der Waals surface area (Å²) in [6, 6.07) is 7.36. The molecule has 0 spiro atoms. The first-order chi connectivity index (χ1) is 9.63. The van der Waals surface area contributed by atoms with Gasteiger partial charge in [0, 0.05) is 16.1 Å². The first-order valence-corrected chi connectivity index (χ1v) is 7.25. The molecule has 20 heavy (non-hydrogen) atoms. The SMILES string of the molecule is Cc1ccsc1CNC(=O)c1ccc2c(c1)NC(=O)C2. The van der Waals surface area contributed by atoms with Gasteiger partial charge in [0.1, 0.15) is 0 Å². The highest BCUT2D eigenvalue weighted by Crippen LogP contribution is 2.24. The number of thiophene rings is 1. The van der Waals surface area contributed by atoms with Crippen LogP contribution in [0.2, 0.25) is 0 Å². The van der Waals surface area contributed by atoms with Gasteiger partial charge >= 0.3 is 0 Å². The van der Waals surface area contributed by atoms with Crippen LogP contribution in [0.5, 0.6) is 0 Å². The number of hydrogen-bond donors (Lipinski definition) is 2. The molecule has 0 bridgehead atoms. The van der Waals surface area contributed by atoms with Gasteiger partial charge in [0.2, 0.25) is 5.91 Å². The first kappa shape index (κ1) is 12.9. The molecule has 0 atom stereocenters. The largest absolute Gasteiger partial charge is 0.347 e. The molecule has 2 heterocycles. The third-order valence-electron chi connectivity index (χ3n) is 3.37. The molecule has 0 radical (unpaired) electrons. The van der Waals surface area contributed by atoms with Crippen molar-refractivity contribution in [2.24, 2.45) is 0 Å². The van der Waals surface area contributed by atoms with Gasteiger partial charge in [0.15, 0.2) is 0 Å². The van der Waals surface area contributed by atoms with E-state index in [1.54, 1.807) is 23.5 Å². The smallest absolute Gasteiger partial charge is 0.251 e. The molecule has 5 heteroatoms. The Morgan fingerprint density at radius 3 is 3.00 bits per heavy atom. The van der Waals surface area contributed by atoms with Crippen LogP contribution >= 0.6 is 11.3 Å². The van der Waals surface area contributed by atoms with E-state index in [1.165, 1.54) is 5.56 Å². The van der Waals surface area contributed by atoms with Crippen LogP contribution in [-0.4, -0.2) is 11.8 Å². The number of fused-ring (bicyclic) bond motifs is 1. The number of nitrogens with one attached hydrogen (secondary N) is 2. The fourth-order valence-electron chi connectivity index (χ4n) is 2.20. The summed E-state index contributed by atoms with van der Waals surface area (Å²) >= 11 is 1.64. The summed E-state index contributed by atoms with van der Waals surface area (Å²) in [6.45, 7) is 2.56. The molecule has 4 nitrogen and oxygen atoms in total. The Morgan fingerprint density at radius 2 is 2.25 bits per heavy atom. The van der Waals surface area contributed by atoms with Crippen LogP contribution in [0.15, 0.2) is 29.6 Å². The van der Waals surface area contributed by atoms with Crippen LogP contribution in [-0.2, 0) is 17.8 Å². The van der Waals surface area contributed by atoms with E-state index >= 15 is 0 Å². The minimum absolute atomic E-state index is 0.0215. The fraction of sp³-hybridized carbons (Fsp3) is 0.200. The number of carbonyl (C=O) groups excluding carboxylic acids is 2. The maximum atomic E-state index is 12.1. The molecule has 0 fully saturated rings. The zero-order chi connectivity index (χ0) is 14.1. The second kappa shape index (κ2) is 5.09. The first-order valence-electron chi connectivity index (χ1n) is 6.37. The van der Waals surface area contributed by atoms with Crippen LogP contribution in [0.1, 0.15) is 26.4 Å². The summed E-state index contributed by atoms with van der Waals surface area (Å²) in [5, 5.41) is 7.67. The average molecular weight is 286 g/mol. The van der Waals surface area contributed by atoms with Gasteiger partial charge in [-0.25, -0.2) is 0 Å². The molecule has 1 aromatic carbocycles. The van der Waals surface area contributed by atoms with Crippen molar-refractivity contribution < 1.29 is 9.59 Å². The molecule has 1 aliphatic rings. The lowest BCUT2D eigenvalue weighted by Crippen LogP contribution is -2.22. The Bertz CT molecular complexity index is 691. The summed E-state index contributed by atoms with van der Waals surface area (Å²) < 4.78 is 0. The molecular formula is C15H14N2O2S. The van der Waals surface area contributed by atoms with E-state index in [1.807, 2.05) is 24.4 Å². The highest BCUT2D eigenvalue weighted by molar-refractivity contribution is 7.10. The Balaban J connectivity index is 1.70. The second-order valence-corrected chi connectivity index (χ2v) is 5.81. The maximum Gasteiger partial charge on any atom is 0.251 e. The molecule has 1 aliphatic heterocycles. The summed E-state index contributed by atoms with van der Waals surface area (Å²) in [5.74, 6) is -0.145. The quantitative estimate of drug-likeness (QED) is 0.910. The Hall–Kier alpha value is -2.14. The standard InChI is InChI=1S/C15H14N2O2S/c1-9-4-5-20-13(9)8-16-15(19)11-3-2-10-7-14(18)17-12(10)6-11/h2-6H,7-8H2,1H3,(H,16,19)(H,17,18). The van der Waals surface area contributed by atoms with Gasteiger partial charge in [-0.3, -0.25) is 9.59 Å². The van der Waals surface area contributed by atoms with Crippen molar-refractivity contribution in [2.45, 2.75) is 19.9 Å². The Labute approximate surface area is 120 Å². The lowest BCUT2D eigenvalue weighted by molar-refractivity contribution is -0.115. The molecule has 2 amide bonds. The van der Waals surface area contributed by atoms with Crippen LogP contribution in [0.3, 0.4) is 0 Å². The van der Waals surface area contributed by atoms with Gasteiger partial charge in [-0.05, 0) is 41.6 Å². The molecule has 0 aliphatic carbocycles. The average Bonchev–Trinajstić information content (AvgIpc) is 2.99. The van der Waals surface area contributed by atoms with Crippen LogP contribution in [0, 0.1) is 6.92 Å². The van der Waals surface area contributed by atoms with Gasteiger partial charge in [0.25, 0.3) is 5.91 Å². The van der Waals surface area contributed by atoms with Gasteiger partial charge in [0.05, 0.1) is 13.0 Å². The van der Waals surface area contributed by atoms with E-state index in [4.69, 9.17) is 0 Å². The van der Waals surface area contributed by atoms with Crippen molar-refractivity contribution in [1.29, 1.82) is 0 Å². The normalized spacial score (nSPS) is 12.9. The highest BCUT2D eigenvalue weighted by Gasteiger charge is 2.19. The topological polar surface area (TPSA) is 58.2 Å². The third kappa shape index (κ3) is 2.44. The van der Waals surface area contributed by atoms with Crippen molar-refractivity contribution in [3.8, 4) is 0 Å². The van der Waals surface area contributed by atoms with Gasteiger partial charge in [-0.2, -0.15) is 0 Å². The van der Waals surface area contributed by atoms with Gasteiger partial charge in [-0.1, -0.05) is 6.07 Å². The van der Waals surface area contributed by atoms with E-state index in [9.17, 15) is 9.59 Å². The predicted octanol–water partition coefficient (Wildman–Crippen LogP) is 2.48. The van der Waals surface area contributed by atoms with E-state index < -0.39 is 0 Å². The lowest BCUT2D eigenvalue weighted by Gasteiger charge is -2.06. The third-order valence-corrected chi connectivity index (χ3v) is 4.40. The van der Waals surface area contributed by atoms with Crippen molar-refractivity contribution in [3.63, 3.8) is 0 Å². The zero-order valence-electron chi connectivity index (χ0n) is 11.0. The van der Waals surface area contributed by atoms with Crippen LogP contribution < -0.4 is 10.6 Å². The van der Waals surface area contributed by atoms with Gasteiger partial charge in [-0.15, -0.1) is 11.3 Å². The lowest BCUT2D eigenvalue weighted by atomic mass is 10.1. The number of benzene rings is 1. The zero-order valence-corrected chi connectivity index (χ0v) is 11.8. The second-order valence-electron chi connectivity index (χ2n) is 4.81. The Kier molecular flexibility index (Phi) is 3.28. The molecule has 2 aromatic rings. The summed E-state index contributed by atoms with van der Waals surface area (Å²) in [5.41, 5.74) is 3.45. The molecule has 0 saturated carbocycles. The Morgan fingerprint density at radius 1 is 1.40 bits per heavy atom. The van der Waals surface area contributed by atoms with Crippen molar-refractivity contribution in [3.05, 3.63) is 51.2 Å². The van der Waals surface area contributed by atoms with Gasteiger partial charge < -0.3 is 10.6 Å². The molecule has 3 rings (SSSR count). The summed E-state index contributed by atoms with van der Waals surface area (Å²) in [7, 11) is 0. The minimum Gasteiger partial charge on any atom is -0.347 e. The molecule has 0 saturated heterocycles. The van der Waals surface area contributed by atoms with E-state index in [-0.39, 0.29) is 11.8 Å². The summed E-state index contributed by atoms with van der Waals surface area (Å²) in [4.78, 5) is 24.6. The monoisotopic (exact) mass is 286 g/mol. The fourth-order valence-corrected chi connectivity index (χ4v) is 3.05. The number of hydrogen-bond acceptors (Lipinski definition) is 3. The maximum absolute atomic E-state index is 12.1. The van der Waals surface area contributed by atoms with Crippen molar-refractivity contribution in [1.82, 2.24) is 5.32 Å². The molecule has 1 aromatic heterocycles. The highest BCUT2D eigenvalue weighted by atomic mass is 32.1. The van der Waals surface area contributed by atoms with Crippen LogP contribution in [0.25, 0.3) is 0 Å². The number of amides is 2. The van der Waals surface area contributed by atoms with Crippen molar-refractivity contribution in [2.75, 3.05) is 5.32 Å². The van der Waals surface area contributed by atoms with E-state index in [0.29, 0.717) is 18.5 Å². The molecule has 0 unspecified atom stereocenters. The minimum atomic E-state index is -0.123. The van der Waals surface area contributed by atoms with Crippen molar-refractivity contribution >= 4 is 28.8 Å². The number of rotatable bonds is 3. The molecule has 2 N–H and O–H groups in total. The predicted molar refractivity (Wildman–Crippen MR) is 79.0 cm³/mol. The molecule has 102 valence electrons. The number of anilines is 1. The number of aryl methyl sites for hydroxylation is 1. The van der Waals surface area contributed by atoms with E-state index in [2.05, 4.69) is 10.6 Å². The number of carbonyl (C=O) groups is 2. The van der Waals surface area contributed by atoms with Crippen LogP contribution in [0.4, 0.5) is 5.69 Å². The van der Waals surface area contributed by atoms with E-state index in [0.717, 1.165) is 16.1 Å². The molecular weight excluding hydrogens is 272 g/mol.